The van der Waals surface area contributed by atoms with Crippen LogP contribution in [0, 0.1) is 34.6 Å². The lowest BCUT2D eigenvalue weighted by Gasteiger charge is -2.50. The molecule has 0 bridgehead atoms. The SMILES string of the molecule is CC1=CCCC(N(c2ccc(-c3ccc4c(c3)C(C)(C)c3cc(C5=CC=C(N(c6cccc(C)c6)c6ccccc6C)CC5)cc5c3N4c3ccc(-c4ccc(N(c6cccc(C)c6)c6ccccc6C)cc4)cc3C5(C)C)cc2)c2ccccc2C)=C1. The highest BCUT2D eigenvalue weighted by Gasteiger charge is 2.46. The number of benzene rings is 10. The number of rotatable bonds is 12. The Bertz CT molecular complexity index is 4520. The van der Waals surface area contributed by atoms with E-state index in [1.54, 1.807) is 0 Å². The van der Waals surface area contributed by atoms with Gasteiger partial charge in [0.1, 0.15) is 0 Å². The molecule has 0 spiro atoms. The molecule has 2 aliphatic carbocycles. The van der Waals surface area contributed by atoms with Gasteiger partial charge in [-0.25, -0.2) is 0 Å². The third kappa shape index (κ3) is 9.89. The second-order valence-electron chi connectivity index (χ2n) is 26.1. The summed E-state index contributed by atoms with van der Waals surface area (Å²) in [4.78, 5) is 9.98. The summed E-state index contributed by atoms with van der Waals surface area (Å²) >= 11 is 0. The third-order valence-corrected chi connectivity index (χ3v) is 19.3. The van der Waals surface area contributed by atoms with Crippen LogP contribution in [-0.2, 0) is 10.8 Å². The van der Waals surface area contributed by atoms with Gasteiger partial charge in [0, 0.05) is 62.0 Å². The normalized spacial score (nSPS) is 15.2. The van der Waals surface area contributed by atoms with Gasteiger partial charge in [-0.1, -0.05) is 161 Å². The maximum absolute atomic E-state index is 2.63. The lowest BCUT2D eigenvalue weighted by molar-refractivity contribution is 0.597. The minimum atomic E-state index is -0.345. The van der Waals surface area contributed by atoms with Crippen LogP contribution in [0.25, 0.3) is 27.8 Å². The minimum Gasteiger partial charge on any atom is -0.314 e. The molecule has 10 aromatic rings. The molecule has 0 fully saturated rings. The molecule has 4 heteroatoms. The third-order valence-electron chi connectivity index (χ3n) is 19.3. The minimum absolute atomic E-state index is 0.342. The number of hydrogen-bond acceptors (Lipinski definition) is 4. The monoisotopic (exact) mass is 1140 g/mol. The second-order valence-corrected chi connectivity index (χ2v) is 26.1. The van der Waals surface area contributed by atoms with Gasteiger partial charge < -0.3 is 19.6 Å². The zero-order chi connectivity index (χ0) is 60.6. The van der Waals surface area contributed by atoms with Gasteiger partial charge in [-0.2, -0.15) is 0 Å². The lowest BCUT2D eigenvalue weighted by Crippen LogP contribution is -2.38. The summed E-state index contributed by atoms with van der Waals surface area (Å²) in [5, 5.41) is 0. The first-order valence-corrected chi connectivity index (χ1v) is 31.6. The van der Waals surface area contributed by atoms with Crippen LogP contribution >= 0.6 is 0 Å². The predicted octanol–water partition coefficient (Wildman–Crippen LogP) is 23.4. The van der Waals surface area contributed by atoms with Gasteiger partial charge in [0.05, 0.1) is 17.1 Å². The first kappa shape index (κ1) is 56.2. The molecule has 2 heterocycles. The summed E-state index contributed by atoms with van der Waals surface area (Å²) in [6, 6.07) is 82.2. The van der Waals surface area contributed by atoms with E-state index in [-0.39, 0.29) is 10.8 Å². The molecule has 0 amide bonds. The maximum atomic E-state index is 2.63. The van der Waals surface area contributed by atoms with E-state index in [2.05, 4.69) is 332 Å². The number of allylic oxidation sites excluding steroid dienone is 8. The maximum Gasteiger partial charge on any atom is 0.0544 e. The van der Waals surface area contributed by atoms with Crippen LogP contribution in [0.2, 0.25) is 0 Å². The molecule has 4 nitrogen and oxygen atoms in total. The number of nitrogens with zero attached hydrogens (tertiary/aromatic N) is 4. The molecule has 0 atom stereocenters. The van der Waals surface area contributed by atoms with Crippen molar-refractivity contribution in [2.75, 3.05) is 19.6 Å². The summed E-state index contributed by atoms with van der Waals surface area (Å²) in [7, 11) is 0. The molecule has 0 saturated heterocycles. The second kappa shape index (κ2) is 22.3. The number of anilines is 10. The highest BCUT2D eigenvalue weighted by molar-refractivity contribution is 5.96. The molecular formula is C84H78N4. The zero-order valence-corrected chi connectivity index (χ0v) is 52.7. The topological polar surface area (TPSA) is 13.0 Å². The Balaban J connectivity index is 0.892. The number of para-hydroxylation sites is 3. The van der Waals surface area contributed by atoms with Crippen LogP contribution in [0.3, 0.4) is 0 Å². The summed E-state index contributed by atoms with van der Waals surface area (Å²) in [6.45, 7) is 23.1. The van der Waals surface area contributed by atoms with Crippen LogP contribution < -0.4 is 19.6 Å². The van der Waals surface area contributed by atoms with Gasteiger partial charge in [0.15, 0.2) is 0 Å². The standard InChI is InChI=1S/C84H78N4/c1-55-20-17-26-70(48-55)85(77-29-14-11-23-58(77)4)67-40-32-61(33-41-67)64-38-46-80-73(51-64)83(7,8)75-53-66(63-36-44-69(45-37-63)87(72-28-19-22-57(3)50-72)79-31-16-13-25-60(79)6)54-76-82(75)88(80)81-47-39-65(52-74(81)84(76,9)10)62-34-42-68(43-35-62)86(71-27-18-21-56(2)49-71)78-30-15-12-24-59(78)5/h11-17,19-26,28-36,38-44,46-54H,18,27,37,45H2,1-10H3. The van der Waals surface area contributed by atoms with Crippen LogP contribution in [0.5, 0.6) is 0 Å². The largest absolute Gasteiger partial charge is 0.314 e. The van der Waals surface area contributed by atoms with E-state index in [4.69, 9.17) is 0 Å². The van der Waals surface area contributed by atoms with Gasteiger partial charge in [-0.3, -0.25) is 0 Å². The summed E-state index contributed by atoms with van der Waals surface area (Å²) in [6.07, 6.45) is 13.4. The number of aryl methyl sites for hydroxylation is 5. The molecule has 434 valence electrons. The Labute approximate surface area is 522 Å². The molecule has 2 aliphatic heterocycles. The Hall–Kier alpha value is -9.64. The molecule has 4 aliphatic rings. The van der Waals surface area contributed by atoms with Crippen LogP contribution in [0.15, 0.2) is 260 Å². The summed E-state index contributed by atoms with van der Waals surface area (Å²) in [5.74, 6) is 0. The number of hydrogen-bond donors (Lipinski definition) is 0. The van der Waals surface area contributed by atoms with Crippen molar-refractivity contribution < 1.29 is 0 Å². The van der Waals surface area contributed by atoms with Gasteiger partial charge in [0.25, 0.3) is 0 Å². The Morgan fingerprint density at radius 3 is 1.26 bits per heavy atom. The molecular weight excluding hydrogens is 1060 g/mol. The zero-order valence-electron chi connectivity index (χ0n) is 52.7. The van der Waals surface area contributed by atoms with E-state index in [0.29, 0.717) is 0 Å². The molecule has 0 aromatic heterocycles. The van der Waals surface area contributed by atoms with Gasteiger partial charge >= 0.3 is 0 Å². The van der Waals surface area contributed by atoms with Crippen molar-refractivity contribution in [3.05, 3.63) is 315 Å². The van der Waals surface area contributed by atoms with Crippen molar-refractivity contribution in [2.24, 2.45) is 0 Å². The van der Waals surface area contributed by atoms with Crippen LogP contribution in [0.4, 0.5) is 56.9 Å². The fraction of sp³-hybridized carbons (Fsp3) is 0.190. The van der Waals surface area contributed by atoms with Gasteiger partial charge in [-0.15, -0.1) is 0 Å². The predicted molar refractivity (Wildman–Crippen MR) is 375 cm³/mol. The van der Waals surface area contributed by atoms with Crippen molar-refractivity contribution in [3.8, 4) is 22.3 Å². The highest BCUT2D eigenvalue weighted by Crippen LogP contribution is 2.62. The molecule has 10 aromatic carbocycles. The molecule has 0 radical (unpaired) electrons. The fourth-order valence-electron chi connectivity index (χ4n) is 14.5. The highest BCUT2D eigenvalue weighted by atomic mass is 15.2. The summed E-state index contributed by atoms with van der Waals surface area (Å²) in [5.41, 5.74) is 34.5. The molecule has 0 saturated carbocycles. The van der Waals surface area contributed by atoms with Crippen molar-refractivity contribution in [1.82, 2.24) is 0 Å². The van der Waals surface area contributed by atoms with E-state index < -0.39 is 0 Å². The van der Waals surface area contributed by atoms with E-state index in [1.807, 2.05) is 0 Å². The Morgan fingerprint density at radius 2 is 0.795 bits per heavy atom. The average Bonchev–Trinajstić information content (AvgIpc) is 0.732. The Morgan fingerprint density at radius 1 is 0.352 bits per heavy atom. The van der Waals surface area contributed by atoms with Gasteiger partial charge in [0.2, 0.25) is 0 Å². The van der Waals surface area contributed by atoms with Crippen molar-refractivity contribution in [1.29, 1.82) is 0 Å². The lowest BCUT2D eigenvalue weighted by atomic mass is 9.65. The number of fused-ring (bicyclic) bond motifs is 4. The van der Waals surface area contributed by atoms with Crippen molar-refractivity contribution >= 4 is 62.4 Å². The summed E-state index contributed by atoms with van der Waals surface area (Å²) < 4.78 is 0. The van der Waals surface area contributed by atoms with E-state index >= 15 is 0 Å². The van der Waals surface area contributed by atoms with E-state index in [1.165, 1.54) is 146 Å². The van der Waals surface area contributed by atoms with Crippen LogP contribution in [-0.4, -0.2) is 0 Å². The smallest absolute Gasteiger partial charge is 0.0544 e. The molecule has 88 heavy (non-hydrogen) atoms. The van der Waals surface area contributed by atoms with E-state index in [9.17, 15) is 0 Å². The molecule has 14 rings (SSSR count). The average molecular weight is 1140 g/mol. The van der Waals surface area contributed by atoms with Gasteiger partial charge in [-0.05, 0) is 266 Å². The molecule has 0 N–H and O–H groups in total. The van der Waals surface area contributed by atoms with Crippen molar-refractivity contribution in [2.45, 2.75) is 106 Å². The first-order chi connectivity index (χ1) is 42.6. The Kier molecular flexibility index (Phi) is 14.2. The van der Waals surface area contributed by atoms with Crippen molar-refractivity contribution in [3.63, 3.8) is 0 Å². The molecule has 0 unspecified atom stereocenters. The fourth-order valence-corrected chi connectivity index (χ4v) is 14.5. The van der Waals surface area contributed by atoms with E-state index in [0.717, 1.165) is 37.1 Å². The van der Waals surface area contributed by atoms with Crippen LogP contribution in [0.1, 0.15) is 116 Å². The first-order valence-electron chi connectivity index (χ1n) is 31.6. The quantitative estimate of drug-likeness (QED) is 0.121.